The third kappa shape index (κ3) is 2.51. The number of aryl methyl sites for hydroxylation is 2. The highest BCUT2D eigenvalue weighted by Gasteiger charge is 2.09. The van der Waals surface area contributed by atoms with E-state index >= 15 is 0 Å². The monoisotopic (exact) mass is 335 g/mol. The van der Waals surface area contributed by atoms with Crippen molar-refractivity contribution in [3.05, 3.63) is 63.9 Å². The van der Waals surface area contributed by atoms with E-state index in [-0.39, 0.29) is 0 Å². The minimum absolute atomic E-state index is 0.806. The van der Waals surface area contributed by atoms with Crippen LogP contribution in [0.4, 0.5) is 0 Å². The Balaban J connectivity index is 1.88. The van der Waals surface area contributed by atoms with Crippen molar-refractivity contribution in [3.63, 3.8) is 0 Å². The van der Waals surface area contributed by atoms with E-state index in [0.717, 1.165) is 39.4 Å². The highest BCUT2D eigenvalue weighted by Crippen LogP contribution is 2.21. The van der Waals surface area contributed by atoms with Gasteiger partial charge < -0.3 is 0 Å². The normalized spacial score (nSPS) is 11.1. The molecule has 19 heavy (non-hydrogen) atoms. The Kier molecular flexibility index (Phi) is 3.53. The third-order valence-electron chi connectivity index (χ3n) is 3.05. The van der Waals surface area contributed by atoms with Crippen molar-refractivity contribution in [1.82, 2.24) is 14.4 Å². The molecule has 0 aliphatic carbocycles. The quantitative estimate of drug-likeness (QED) is 0.725. The molecule has 96 valence electrons. The summed E-state index contributed by atoms with van der Waals surface area (Å²) in [4.78, 5) is 8.67. The zero-order valence-corrected chi connectivity index (χ0v) is 12.4. The van der Waals surface area contributed by atoms with E-state index in [1.54, 1.807) is 12.5 Å². The first-order valence-corrected chi connectivity index (χ1v) is 7.12. The standard InChI is InChI=1S/C14H11BrClN3/c15-14-12-7-8-17-9-19(12)13(18-14)6-5-10-3-1-2-4-11(10)16/h1-4,7-9H,5-6H2. The Morgan fingerprint density at radius 3 is 2.84 bits per heavy atom. The number of nitrogens with zero attached hydrogens (tertiary/aromatic N) is 3. The van der Waals surface area contributed by atoms with Gasteiger partial charge in [0.05, 0.1) is 5.52 Å². The third-order valence-corrected chi connectivity index (χ3v) is 4.00. The summed E-state index contributed by atoms with van der Waals surface area (Å²) >= 11 is 9.64. The van der Waals surface area contributed by atoms with Crippen molar-refractivity contribution < 1.29 is 0 Å². The predicted octanol–water partition coefficient (Wildman–Crippen LogP) is 3.93. The number of benzene rings is 1. The van der Waals surface area contributed by atoms with E-state index in [0.29, 0.717) is 0 Å². The van der Waals surface area contributed by atoms with Crippen molar-refractivity contribution in [2.75, 3.05) is 0 Å². The second-order valence-corrected chi connectivity index (χ2v) is 5.40. The van der Waals surface area contributed by atoms with Crippen LogP contribution in [0, 0.1) is 0 Å². The van der Waals surface area contributed by atoms with Gasteiger partial charge in [0.15, 0.2) is 0 Å². The summed E-state index contributed by atoms with van der Waals surface area (Å²) < 4.78 is 2.85. The second-order valence-electron chi connectivity index (χ2n) is 4.25. The van der Waals surface area contributed by atoms with Crippen molar-refractivity contribution in [2.24, 2.45) is 0 Å². The Morgan fingerprint density at radius 2 is 2.00 bits per heavy atom. The van der Waals surface area contributed by atoms with Gasteiger partial charge >= 0.3 is 0 Å². The average Bonchev–Trinajstić information content (AvgIpc) is 2.75. The predicted molar refractivity (Wildman–Crippen MR) is 79.5 cm³/mol. The number of hydrogen-bond acceptors (Lipinski definition) is 2. The molecule has 0 radical (unpaired) electrons. The fraction of sp³-hybridized carbons (Fsp3) is 0.143. The lowest BCUT2D eigenvalue weighted by Gasteiger charge is -2.03. The number of imidazole rings is 1. The van der Waals surface area contributed by atoms with Gasteiger partial charge in [0.2, 0.25) is 0 Å². The molecule has 0 saturated carbocycles. The molecule has 2 heterocycles. The van der Waals surface area contributed by atoms with Crippen molar-refractivity contribution in [3.8, 4) is 0 Å². The summed E-state index contributed by atoms with van der Waals surface area (Å²) in [7, 11) is 0. The SMILES string of the molecule is Clc1ccccc1CCc1nc(Br)c2ccncn12. The summed E-state index contributed by atoms with van der Waals surface area (Å²) in [5, 5.41) is 0.806. The molecule has 0 atom stereocenters. The molecule has 2 aromatic heterocycles. The second kappa shape index (κ2) is 5.31. The van der Waals surface area contributed by atoms with Crippen LogP contribution in [-0.4, -0.2) is 14.4 Å². The molecule has 0 saturated heterocycles. The van der Waals surface area contributed by atoms with E-state index in [2.05, 4.69) is 25.9 Å². The van der Waals surface area contributed by atoms with E-state index in [4.69, 9.17) is 11.6 Å². The van der Waals surface area contributed by atoms with Crippen LogP contribution in [0.1, 0.15) is 11.4 Å². The van der Waals surface area contributed by atoms with Gasteiger partial charge in [-0.3, -0.25) is 4.40 Å². The molecule has 0 unspecified atom stereocenters. The fourth-order valence-corrected chi connectivity index (χ4v) is 2.84. The number of rotatable bonds is 3. The minimum atomic E-state index is 0.806. The van der Waals surface area contributed by atoms with Crippen LogP contribution in [0.3, 0.4) is 0 Å². The molecule has 0 N–H and O–H groups in total. The van der Waals surface area contributed by atoms with Crippen LogP contribution in [0.15, 0.2) is 47.5 Å². The number of hydrogen-bond donors (Lipinski definition) is 0. The fourth-order valence-electron chi connectivity index (χ4n) is 2.08. The zero-order valence-electron chi connectivity index (χ0n) is 10.1. The van der Waals surface area contributed by atoms with Crippen molar-refractivity contribution in [1.29, 1.82) is 0 Å². The Bertz CT molecular complexity index is 724. The highest BCUT2D eigenvalue weighted by molar-refractivity contribution is 9.10. The van der Waals surface area contributed by atoms with Gasteiger partial charge in [-0.2, -0.15) is 0 Å². The summed E-state index contributed by atoms with van der Waals surface area (Å²) in [6, 6.07) is 9.85. The smallest absolute Gasteiger partial charge is 0.132 e. The summed E-state index contributed by atoms with van der Waals surface area (Å²) in [6.45, 7) is 0. The van der Waals surface area contributed by atoms with Gasteiger partial charge in [0.1, 0.15) is 16.8 Å². The molecule has 3 nitrogen and oxygen atoms in total. The number of aromatic nitrogens is 3. The van der Waals surface area contributed by atoms with Gasteiger partial charge in [0.25, 0.3) is 0 Å². The zero-order chi connectivity index (χ0) is 13.2. The first-order chi connectivity index (χ1) is 9.25. The molecular formula is C14H11BrClN3. The summed E-state index contributed by atoms with van der Waals surface area (Å²) in [6.07, 6.45) is 5.23. The van der Waals surface area contributed by atoms with Gasteiger partial charge in [0, 0.05) is 17.6 Å². The van der Waals surface area contributed by atoms with Gasteiger partial charge in [-0.1, -0.05) is 29.8 Å². The topological polar surface area (TPSA) is 30.2 Å². The lowest BCUT2D eigenvalue weighted by molar-refractivity contribution is 0.843. The lowest BCUT2D eigenvalue weighted by Crippen LogP contribution is -1.98. The number of halogens is 2. The van der Waals surface area contributed by atoms with Crippen LogP contribution in [0.2, 0.25) is 5.02 Å². The summed E-state index contributed by atoms with van der Waals surface area (Å²) in [5.74, 6) is 0.981. The summed E-state index contributed by atoms with van der Waals surface area (Å²) in [5.41, 5.74) is 2.17. The lowest BCUT2D eigenvalue weighted by atomic mass is 10.1. The van der Waals surface area contributed by atoms with Crippen LogP contribution in [0.25, 0.3) is 5.52 Å². The van der Waals surface area contributed by atoms with E-state index in [1.165, 1.54) is 0 Å². The Hall–Kier alpha value is -1.39. The Morgan fingerprint density at radius 1 is 1.16 bits per heavy atom. The van der Waals surface area contributed by atoms with Gasteiger partial charge in [-0.15, -0.1) is 0 Å². The van der Waals surface area contributed by atoms with Crippen LogP contribution < -0.4 is 0 Å². The van der Waals surface area contributed by atoms with Crippen LogP contribution in [-0.2, 0) is 12.8 Å². The van der Waals surface area contributed by atoms with E-state index in [1.807, 2.05) is 34.7 Å². The molecule has 3 rings (SSSR count). The Labute approximate surface area is 124 Å². The molecule has 0 aliphatic heterocycles. The average molecular weight is 337 g/mol. The van der Waals surface area contributed by atoms with Crippen LogP contribution >= 0.6 is 27.5 Å². The molecule has 3 aromatic rings. The maximum absolute atomic E-state index is 6.17. The van der Waals surface area contributed by atoms with E-state index in [9.17, 15) is 0 Å². The largest absolute Gasteiger partial charge is 0.286 e. The molecule has 1 aromatic carbocycles. The van der Waals surface area contributed by atoms with Gasteiger partial charge in [-0.25, -0.2) is 9.97 Å². The van der Waals surface area contributed by atoms with Gasteiger partial charge in [-0.05, 0) is 40.0 Å². The maximum Gasteiger partial charge on any atom is 0.132 e. The first kappa shape index (κ1) is 12.6. The molecule has 0 fully saturated rings. The van der Waals surface area contributed by atoms with Crippen molar-refractivity contribution >= 4 is 33.0 Å². The molecule has 0 aliphatic rings. The molecular weight excluding hydrogens is 326 g/mol. The molecule has 0 spiro atoms. The maximum atomic E-state index is 6.17. The molecule has 5 heteroatoms. The van der Waals surface area contributed by atoms with Crippen LogP contribution in [0.5, 0.6) is 0 Å². The van der Waals surface area contributed by atoms with E-state index < -0.39 is 0 Å². The first-order valence-electron chi connectivity index (χ1n) is 5.95. The molecule has 0 bridgehead atoms. The van der Waals surface area contributed by atoms with Crippen molar-refractivity contribution in [2.45, 2.75) is 12.8 Å². The minimum Gasteiger partial charge on any atom is -0.286 e. The highest BCUT2D eigenvalue weighted by atomic mass is 79.9. The number of fused-ring (bicyclic) bond motifs is 1. The molecule has 0 amide bonds.